The molecule has 0 aromatic carbocycles. The fourth-order valence-corrected chi connectivity index (χ4v) is 4.59. The molecule has 0 aliphatic heterocycles. The van der Waals surface area contributed by atoms with Crippen molar-refractivity contribution in [1.29, 1.82) is 5.26 Å². The predicted octanol–water partition coefficient (Wildman–Crippen LogP) is 5.50. The molecule has 0 spiro atoms. The number of hydrogen-bond acceptors (Lipinski definition) is 5. The maximum atomic E-state index is 9.55. The van der Waals surface area contributed by atoms with Crippen LogP contribution in [0.25, 0.3) is 27.9 Å². The van der Waals surface area contributed by atoms with Gasteiger partial charge in [-0.15, -0.1) is 0 Å². The third kappa shape index (κ3) is 4.48. The summed E-state index contributed by atoms with van der Waals surface area (Å²) < 4.78 is 7.55. The van der Waals surface area contributed by atoms with Crippen molar-refractivity contribution in [1.82, 2.24) is 19.5 Å². The number of fused-ring (bicyclic) bond motifs is 1. The number of ether oxygens (including phenoxy) is 1. The Hall–Kier alpha value is -2.75. The third-order valence-electron chi connectivity index (χ3n) is 6.03. The highest BCUT2D eigenvalue weighted by molar-refractivity contribution is 6.30. The molecule has 0 unspecified atom stereocenters. The van der Waals surface area contributed by atoms with Gasteiger partial charge in [0.05, 0.1) is 28.4 Å². The number of pyridine rings is 2. The van der Waals surface area contributed by atoms with Crippen molar-refractivity contribution in [2.24, 2.45) is 11.8 Å². The van der Waals surface area contributed by atoms with E-state index >= 15 is 0 Å². The Morgan fingerprint density at radius 2 is 2.03 bits per heavy atom. The lowest BCUT2D eigenvalue weighted by Gasteiger charge is -2.27. The van der Waals surface area contributed by atoms with Crippen molar-refractivity contribution in [3.05, 3.63) is 47.6 Å². The van der Waals surface area contributed by atoms with Gasteiger partial charge in [-0.1, -0.05) is 37.9 Å². The van der Waals surface area contributed by atoms with Crippen LogP contribution in [0.2, 0.25) is 5.02 Å². The molecule has 0 atom stereocenters. The molecule has 1 aliphatic carbocycles. The highest BCUT2D eigenvalue weighted by Crippen LogP contribution is 2.35. The van der Waals surface area contributed by atoms with Crippen LogP contribution in [-0.2, 0) is 11.3 Å². The zero-order valence-corrected chi connectivity index (χ0v) is 18.7. The second-order valence-corrected chi connectivity index (χ2v) is 8.87. The average molecular weight is 436 g/mol. The zero-order chi connectivity index (χ0) is 22.0. The second-order valence-electron chi connectivity index (χ2n) is 8.44. The van der Waals surface area contributed by atoms with Crippen LogP contribution >= 0.6 is 11.6 Å². The molecule has 0 bridgehead atoms. The molecule has 6 nitrogen and oxygen atoms in total. The minimum atomic E-state index is 0.308. The van der Waals surface area contributed by atoms with E-state index in [4.69, 9.17) is 21.3 Å². The van der Waals surface area contributed by atoms with Gasteiger partial charge in [0.2, 0.25) is 0 Å². The summed E-state index contributed by atoms with van der Waals surface area (Å²) in [4.78, 5) is 13.7. The molecule has 1 saturated carbocycles. The second kappa shape index (κ2) is 9.17. The molecule has 4 rings (SSSR count). The lowest BCUT2D eigenvalue weighted by atomic mass is 9.83. The normalized spacial score (nSPS) is 18.8. The number of halogens is 1. The van der Waals surface area contributed by atoms with E-state index < -0.39 is 0 Å². The minimum Gasteiger partial charge on any atom is -0.380 e. The maximum absolute atomic E-state index is 9.55. The summed E-state index contributed by atoms with van der Waals surface area (Å²) in [6.45, 7) is 7.75. The molecule has 0 amide bonds. The van der Waals surface area contributed by atoms with Crippen molar-refractivity contribution in [3.8, 4) is 17.3 Å². The van der Waals surface area contributed by atoms with Gasteiger partial charge in [-0.05, 0) is 30.7 Å². The van der Waals surface area contributed by atoms with Gasteiger partial charge in [-0.3, -0.25) is 4.98 Å². The van der Waals surface area contributed by atoms with E-state index in [1.165, 1.54) is 25.7 Å². The third-order valence-corrected chi connectivity index (χ3v) is 6.24. The minimum absolute atomic E-state index is 0.308. The van der Waals surface area contributed by atoms with Crippen LogP contribution in [0.5, 0.6) is 0 Å². The number of rotatable bonds is 6. The summed E-state index contributed by atoms with van der Waals surface area (Å²) >= 11 is 6.22. The summed E-state index contributed by atoms with van der Waals surface area (Å²) in [7, 11) is 1.65. The number of nitrogens with zero attached hydrogens (tertiary/aromatic N) is 5. The fraction of sp³-hybridized carbons (Fsp3) is 0.417. The molecular formula is C24H26ClN5O. The Bertz CT molecular complexity index is 1150. The van der Waals surface area contributed by atoms with Gasteiger partial charge in [0.1, 0.15) is 17.6 Å². The molecule has 160 valence electrons. The number of hydrogen-bond donors (Lipinski definition) is 0. The van der Waals surface area contributed by atoms with Crippen molar-refractivity contribution in [2.75, 3.05) is 13.7 Å². The maximum Gasteiger partial charge on any atom is 0.143 e. The summed E-state index contributed by atoms with van der Waals surface area (Å²) in [6.07, 6.45) is 8.17. The molecule has 0 saturated heterocycles. The van der Waals surface area contributed by atoms with Crippen LogP contribution in [0.15, 0.2) is 31.1 Å². The summed E-state index contributed by atoms with van der Waals surface area (Å²) in [6, 6.07) is 5.71. The number of nitriles is 1. The SMILES string of the molecule is C=C(COC)c1nc2cc(C#N)nc(-c3cncc(Cl)c3)c2n1C[C@H]1CC[C@H](C)CC1. The first kappa shape index (κ1) is 21.5. The van der Waals surface area contributed by atoms with Crippen LogP contribution in [0.3, 0.4) is 0 Å². The van der Waals surface area contributed by atoms with E-state index in [1.54, 1.807) is 25.6 Å². The first-order chi connectivity index (χ1) is 15.0. The molecule has 1 fully saturated rings. The summed E-state index contributed by atoms with van der Waals surface area (Å²) in [5.41, 5.74) is 4.14. The van der Waals surface area contributed by atoms with Crippen molar-refractivity contribution < 1.29 is 4.74 Å². The molecule has 7 heteroatoms. The standard InChI is InChI=1S/C24H26ClN5O/c1-15-4-6-17(7-5-15)13-30-23-21(29-24(30)16(2)14-31-3)9-20(10-26)28-22(23)18-8-19(25)12-27-11-18/h8-9,11-12,15,17H,2,4-7,13-14H2,1,3H3/t15-,17-. The van der Waals surface area contributed by atoms with E-state index in [2.05, 4.69) is 34.1 Å². The number of aromatic nitrogens is 4. The first-order valence-electron chi connectivity index (χ1n) is 10.6. The Labute approximate surface area is 187 Å². The van der Waals surface area contributed by atoms with Gasteiger partial charge in [0.25, 0.3) is 0 Å². The van der Waals surface area contributed by atoms with E-state index in [1.807, 2.05) is 6.07 Å². The van der Waals surface area contributed by atoms with E-state index in [0.29, 0.717) is 28.9 Å². The molecule has 3 heterocycles. The Morgan fingerprint density at radius 1 is 1.26 bits per heavy atom. The topological polar surface area (TPSA) is 76.6 Å². The monoisotopic (exact) mass is 435 g/mol. The molecule has 0 N–H and O–H groups in total. The molecular weight excluding hydrogens is 410 g/mol. The summed E-state index contributed by atoms with van der Waals surface area (Å²) in [5.74, 6) is 2.12. The molecule has 3 aromatic heterocycles. The van der Waals surface area contributed by atoms with Crippen molar-refractivity contribution in [2.45, 2.75) is 39.2 Å². The molecule has 3 aromatic rings. The van der Waals surface area contributed by atoms with Crippen LogP contribution in [0, 0.1) is 23.2 Å². The van der Waals surface area contributed by atoms with Gasteiger partial charge in [-0.2, -0.15) is 5.26 Å². The fourth-order valence-electron chi connectivity index (χ4n) is 4.41. The van der Waals surface area contributed by atoms with Crippen LogP contribution in [0.4, 0.5) is 0 Å². The smallest absolute Gasteiger partial charge is 0.143 e. The molecule has 0 radical (unpaired) electrons. The number of imidazole rings is 1. The highest BCUT2D eigenvalue weighted by atomic mass is 35.5. The largest absolute Gasteiger partial charge is 0.380 e. The van der Waals surface area contributed by atoms with Crippen molar-refractivity contribution in [3.63, 3.8) is 0 Å². The Balaban J connectivity index is 1.91. The molecule has 31 heavy (non-hydrogen) atoms. The Morgan fingerprint density at radius 3 is 2.71 bits per heavy atom. The molecule has 1 aliphatic rings. The first-order valence-corrected chi connectivity index (χ1v) is 11.0. The van der Waals surface area contributed by atoms with E-state index in [9.17, 15) is 5.26 Å². The van der Waals surface area contributed by atoms with Crippen molar-refractivity contribution >= 4 is 28.2 Å². The van der Waals surface area contributed by atoms with E-state index in [0.717, 1.165) is 40.5 Å². The summed E-state index contributed by atoms with van der Waals surface area (Å²) in [5, 5.41) is 10.1. The van der Waals surface area contributed by atoms with Gasteiger partial charge in [0, 0.05) is 43.3 Å². The van der Waals surface area contributed by atoms with Gasteiger partial charge in [-0.25, -0.2) is 9.97 Å². The van der Waals surface area contributed by atoms with Crippen LogP contribution < -0.4 is 0 Å². The van der Waals surface area contributed by atoms with Gasteiger partial charge < -0.3 is 9.30 Å². The number of methoxy groups -OCH3 is 1. The van der Waals surface area contributed by atoms with Gasteiger partial charge >= 0.3 is 0 Å². The quantitative estimate of drug-likeness (QED) is 0.510. The zero-order valence-electron chi connectivity index (χ0n) is 17.9. The highest BCUT2D eigenvalue weighted by Gasteiger charge is 2.24. The Kier molecular flexibility index (Phi) is 6.35. The van der Waals surface area contributed by atoms with Gasteiger partial charge in [0.15, 0.2) is 0 Å². The van der Waals surface area contributed by atoms with Crippen LogP contribution in [0.1, 0.15) is 44.1 Å². The van der Waals surface area contributed by atoms with E-state index in [-0.39, 0.29) is 0 Å². The lowest BCUT2D eigenvalue weighted by molar-refractivity contribution is 0.238. The lowest BCUT2D eigenvalue weighted by Crippen LogP contribution is -2.19. The van der Waals surface area contributed by atoms with Crippen LogP contribution in [-0.4, -0.2) is 33.2 Å². The average Bonchev–Trinajstić information content (AvgIpc) is 3.13. The predicted molar refractivity (Wildman–Crippen MR) is 123 cm³/mol.